The van der Waals surface area contributed by atoms with Crippen molar-refractivity contribution in [2.75, 3.05) is 19.0 Å². The van der Waals surface area contributed by atoms with Gasteiger partial charge in [0.2, 0.25) is 5.91 Å². The molecular weight excluding hydrogens is 234 g/mol. The van der Waals surface area contributed by atoms with Gasteiger partial charge < -0.3 is 21.0 Å². The van der Waals surface area contributed by atoms with Crippen molar-refractivity contribution in [2.45, 2.75) is 12.8 Å². The molecule has 0 radical (unpaired) electrons. The van der Waals surface area contributed by atoms with Gasteiger partial charge in [0.25, 0.3) is 0 Å². The Hall–Kier alpha value is -2.08. The van der Waals surface area contributed by atoms with E-state index in [1.807, 2.05) is 0 Å². The highest BCUT2D eigenvalue weighted by molar-refractivity contribution is 6.05. The third-order valence-electron chi connectivity index (χ3n) is 2.34. The molecule has 0 aromatic heterocycles. The first-order valence-electron chi connectivity index (χ1n) is 5.54. The lowest BCUT2D eigenvalue weighted by Gasteiger charge is -2.09. The molecule has 0 atom stereocenters. The predicted molar refractivity (Wildman–Crippen MR) is 68.7 cm³/mol. The van der Waals surface area contributed by atoms with E-state index in [4.69, 9.17) is 15.7 Å². The Bertz CT molecular complexity index is 432. The third-order valence-corrected chi connectivity index (χ3v) is 2.34. The number of rotatable bonds is 6. The number of ether oxygens (including phenoxy) is 1. The molecule has 6 heteroatoms. The molecule has 0 heterocycles. The first-order chi connectivity index (χ1) is 8.69. The summed E-state index contributed by atoms with van der Waals surface area (Å²) in [6.07, 6.45) is 1.01. The Morgan fingerprint density at radius 3 is 2.89 bits per heavy atom. The van der Waals surface area contributed by atoms with Gasteiger partial charge in [-0.25, -0.2) is 0 Å². The number of nitrogens with one attached hydrogen (secondary N) is 1. The van der Waals surface area contributed by atoms with Crippen molar-refractivity contribution in [2.24, 2.45) is 10.9 Å². The van der Waals surface area contributed by atoms with Crippen LogP contribution in [0.1, 0.15) is 18.4 Å². The fraction of sp³-hybridized carbons (Fsp3) is 0.333. The minimum absolute atomic E-state index is 0.0391. The molecule has 0 aliphatic heterocycles. The van der Waals surface area contributed by atoms with Gasteiger partial charge in [-0.05, 0) is 18.6 Å². The number of carbonyl (C=O) groups excluding carboxylic acids is 1. The van der Waals surface area contributed by atoms with Crippen molar-refractivity contribution >= 4 is 17.4 Å². The van der Waals surface area contributed by atoms with E-state index in [0.717, 1.165) is 0 Å². The summed E-state index contributed by atoms with van der Waals surface area (Å²) in [5.41, 5.74) is 6.53. The van der Waals surface area contributed by atoms with Crippen molar-refractivity contribution in [3.8, 4) is 0 Å². The number of amides is 1. The quantitative estimate of drug-likeness (QED) is 0.232. The average Bonchev–Trinajstić information content (AvgIpc) is 2.39. The molecule has 0 fully saturated rings. The molecule has 0 saturated carbocycles. The fourth-order valence-electron chi connectivity index (χ4n) is 1.46. The van der Waals surface area contributed by atoms with Crippen LogP contribution in [0.5, 0.6) is 0 Å². The number of hydrogen-bond acceptors (Lipinski definition) is 4. The largest absolute Gasteiger partial charge is 0.409 e. The zero-order chi connectivity index (χ0) is 13.4. The van der Waals surface area contributed by atoms with Gasteiger partial charge in [-0.1, -0.05) is 17.3 Å². The Kier molecular flexibility index (Phi) is 5.66. The molecule has 0 bridgehead atoms. The molecule has 18 heavy (non-hydrogen) atoms. The number of nitrogens with two attached hydrogens (primary N) is 1. The summed E-state index contributed by atoms with van der Waals surface area (Å²) >= 11 is 0. The van der Waals surface area contributed by atoms with Gasteiger partial charge in [-0.2, -0.15) is 0 Å². The maximum atomic E-state index is 11.6. The van der Waals surface area contributed by atoms with Crippen molar-refractivity contribution < 1.29 is 14.7 Å². The zero-order valence-corrected chi connectivity index (χ0v) is 10.2. The number of methoxy groups -OCH3 is 1. The summed E-state index contributed by atoms with van der Waals surface area (Å²) in [7, 11) is 1.59. The molecule has 0 aliphatic rings. The van der Waals surface area contributed by atoms with Gasteiger partial charge >= 0.3 is 0 Å². The zero-order valence-electron chi connectivity index (χ0n) is 10.2. The van der Waals surface area contributed by atoms with Crippen molar-refractivity contribution in [1.82, 2.24) is 0 Å². The van der Waals surface area contributed by atoms with Crippen molar-refractivity contribution in [3.05, 3.63) is 29.8 Å². The Labute approximate surface area is 105 Å². The monoisotopic (exact) mass is 251 g/mol. The molecule has 1 rings (SSSR count). The number of hydrogen-bond donors (Lipinski definition) is 3. The van der Waals surface area contributed by atoms with E-state index in [1.54, 1.807) is 31.4 Å². The summed E-state index contributed by atoms with van der Waals surface area (Å²) in [5, 5.41) is 14.3. The summed E-state index contributed by atoms with van der Waals surface area (Å²) in [6, 6.07) is 6.87. The average molecular weight is 251 g/mol. The van der Waals surface area contributed by atoms with Crippen molar-refractivity contribution in [1.29, 1.82) is 0 Å². The van der Waals surface area contributed by atoms with E-state index in [2.05, 4.69) is 10.5 Å². The smallest absolute Gasteiger partial charge is 0.224 e. The lowest BCUT2D eigenvalue weighted by molar-refractivity contribution is -0.116. The number of oxime groups is 1. The van der Waals surface area contributed by atoms with Gasteiger partial charge in [0, 0.05) is 25.7 Å². The Morgan fingerprint density at radius 1 is 1.50 bits per heavy atom. The molecule has 1 aromatic rings. The summed E-state index contributed by atoms with van der Waals surface area (Å²) in [6.45, 7) is 0.537. The Balaban J connectivity index is 2.69. The lowest BCUT2D eigenvalue weighted by atomic mass is 10.1. The minimum atomic E-state index is -0.134. The fourth-order valence-corrected chi connectivity index (χ4v) is 1.46. The van der Waals surface area contributed by atoms with E-state index in [1.165, 1.54) is 0 Å². The summed E-state index contributed by atoms with van der Waals surface area (Å²) < 4.78 is 4.87. The van der Waals surface area contributed by atoms with E-state index < -0.39 is 0 Å². The predicted octanol–water partition coefficient (Wildman–Crippen LogP) is 1.15. The topological polar surface area (TPSA) is 96.9 Å². The van der Waals surface area contributed by atoms with Crippen LogP contribution in [-0.2, 0) is 9.53 Å². The number of nitrogens with zero attached hydrogens (tertiary/aromatic N) is 1. The van der Waals surface area contributed by atoms with Crippen LogP contribution in [0, 0.1) is 0 Å². The maximum absolute atomic E-state index is 11.6. The highest BCUT2D eigenvalue weighted by atomic mass is 16.5. The first-order valence-corrected chi connectivity index (χ1v) is 5.54. The van der Waals surface area contributed by atoms with Crippen LogP contribution in [-0.4, -0.2) is 30.7 Å². The second-order valence-corrected chi connectivity index (χ2v) is 3.68. The van der Waals surface area contributed by atoms with E-state index in [0.29, 0.717) is 30.7 Å². The van der Waals surface area contributed by atoms with Gasteiger partial charge in [-0.3, -0.25) is 4.79 Å². The summed E-state index contributed by atoms with van der Waals surface area (Å²) in [5.74, 6) is -0.173. The molecule has 0 saturated heterocycles. The van der Waals surface area contributed by atoms with E-state index >= 15 is 0 Å². The molecule has 1 aromatic carbocycles. The van der Waals surface area contributed by atoms with Crippen LogP contribution >= 0.6 is 0 Å². The number of amidine groups is 1. The molecule has 0 unspecified atom stereocenters. The van der Waals surface area contributed by atoms with Crippen molar-refractivity contribution in [3.63, 3.8) is 0 Å². The van der Waals surface area contributed by atoms with Gasteiger partial charge in [0.1, 0.15) is 0 Å². The van der Waals surface area contributed by atoms with Crippen LogP contribution in [0.4, 0.5) is 5.69 Å². The van der Waals surface area contributed by atoms with E-state index in [-0.39, 0.29) is 11.7 Å². The molecule has 4 N–H and O–H groups in total. The standard InChI is InChI=1S/C12H17N3O3/c1-18-8-4-7-11(16)14-10-6-3-2-5-9(10)12(13)15-17/h2-3,5-6,17H,4,7-8H2,1H3,(H2,13,15)(H,14,16). The van der Waals surface area contributed by atoms with Crippen LogP contribution in [0.3, 0.4) is 0 Å². The van der Waals surface area contributed by atoms with E-state index in [9.17, 15) is 4.79 Å². The second-order valence-electron chi connectivity index (χ2n) is 3.68. The second kappa shape index (κ2) is 7.29. The van der Waals surface area contributed by atoms with Crippen LogP contribution < -0.4 is 11.1 Å². The molecule has 1 amide bonds. The maximum Gasteiger partial charge on any atom is 0.224 e. The SMILES string of the molecule is COCCCC(=O)Nc1ccccc1C(N)=NO. The van der Waals surface area contributed by atoms with Gasteiger partial charge in [-0.15, -0.1) is 0 Å². The lowest BCUT2D eigenvalue weighted by Crippen LogP contribution is -2.19. The highest BCUT2D eigenvalue weighted by Gasteiger charge is 2.09. The molecular formula is C12H17N3O3. The minimum Gasteiger partial charge on any atom is -0.409 e. The number of benzene rings is 1. The number of para-hydroxylation sites is 1. The van der Waals surface area contributed by atoms with Gasteiger partial charge in [0.15, 0.2) is 5.84 Å². The van der Waals surface area contributed by atoms with Crippen LogP contribution in [0.2, 0.25) is 0 Å². The molecule has 0 aliphatic carbocycles. The first kappa shape index (κ1) is 14.0. The molecule has 6 nitrogen and oxygen atoms in total. The Morgan fingerprint density at radius 2 is 2.22 bits per heavy atom. The third kappa shape index (κ3) is 4.06. The number of carbonyl (C=O) groups is 1. The summed E-state index contributed by atoms with van der Waals surface area (Å²) in [4.78, 5) is 11.6. The number of anilines is 1. The molecule has 0 spiro atoms. The molecule has 98 valence electrons. The highest BCUT2D eigenvalue weighted by Crippen LogP contribution is 2.15. The van der Waals surface area contributed by atoms with Crippen LogP contribution in [0.25, 0.3) is 0 Å². The van der Waals surface area contributed by atoms with Gasteiger partial charge in [0.05, 0.1) is 5.69 Å². The normalized spacial score (nSPS) is 11.3. The van der Waals surface area contributed by atoms with Crippen LogP contribution in [0.15, 0.2) is 29.4 Å².